The number of nitrogens with zero attached hydrogens (tertiary/aromatic N) is 1. The van der Waals surface area contributed by atoms with Crippen molar-refractivity contribution in [1.29, 1.82) is 0 Å². The van der Waals surface area contributed by atoms with Gasteiger partial charge in [0.2, 0.25) is 5.95 Å². The maximum atomic E-state index is 12.0. The van der Waals surface area contributed by atoms with Crippen molar-refractivity contribution in [3.05, 3.63) is 28.6 Å². The number of aliphatic hydroxyl groups is 1. The summed E-state index contributed by atoms with van der Waals surface area (Å²) >= 11 is 0. The summed E-state index contributed by atoms with van der Waals surface area (Å²) in [5.41, 5.74) is 6.52. The third kappa shape index (κ3) is 3.52. The quantitative estimate of drug-likeness (QED) is 0.606. The van der Waals surface area contributed by atoms with Gasteiger partial charge >= 0.3 is 0 Å². The summed E-state index contributed by atoms with van der Waals surface area (Å²) in [7, 11) is 0. The molecule has 6 nitrogen and oxygen atoms in total. The van der Waals surface area contributed by atoms with E-state index in [0.717, 1.165) is 12.8 Å². The second-order valence-corrected chi connectivity index (χ2v) is 5.22. The molecule has 0 fully saturated rings. The third-order valence-electron chi connectivity index (χ3n) is 3.80. The molecule has 0 saturated heterocycles. The standard InChI is InChI=1S/C15H22N4O2/c1-3-9(4-2)13(20)8-17-15-18-12-6-5-10(16)7-11(12)14(21)19-15/h5-7,9,13,20H,3-4,8,16H2,1-2H3,(H2,17,18,19,21). The summed E-state index contributed by atoms with van der Waals surface area (Å²) in [5, 5.41) is 13.5. The first kappa shape index (κ1) is 15.3. The third-order valence-corrected chi connectivity index (χ3v) is 3.80. The van der Waals surface area contributed by atoms with E-state index >= 15 is 0 Å². The predicted octanol–water partition coefficient (Wildman–Crippen LogP) is 1.71. The van der Waals surface area contributed by atoms with Crippen molar-refractivity contribution in [2.24, 2.45) is 5.92 Å². The SMILES string of the molecule is CCC(CC)C(O)CNc1nc2ccc(N)cc2c(=O)[nH]1. The predicted molar refractivity (Wildman–Crippen MR) is 85.3 cm³/mol. The molecule has 2 aromatic rings. The average Bonchev–Trinajstić information content (AvgIpc) is 2.47. The van der Waals surface area contributed by atoms with Crippen LogP contribution in [0.3, 0.4) is 0 Å². The fourth-order valence-corrected chi connectivity index (χ4v) is 2.44. The Kier molecular flexibility index (Phi) is 4.80. The van der Waals surface area contributed by atoms with Crippen molar-refractivity contribution >= 4 is 22.5 Å². The Morgan fingerprint density at radius 2 is 2.10 bits per heavy atom. The number of aromatic nitrogens is 2. The number of nitrogens with one attached hydrogen (secondary N) is 2. The number of hydrogen-bond acceptors (Lipinski definition) is 5. The lowest BCUT2D eigenvalue weighted by Gasteiger charge is -2.20. The molecule has 0 aliphatic carbocycles. The summed E-state index contributed by atoms with van der Waals surface area (Å²) in [6.07, 6.45) is 1.37. The Morgan fingerprint density at radius 3 is 2.76 bits per heavy atom. The Bertz CT molecular complexity index is 664. The molecule has 6 heteroatoms. The van der Waals surface area contributed by atoms with Crippen molar-refractivity contribution in [2.45, 2.75) is 32.8 Å². The maximum absolute atomic E-state index is 12.0. The van der Waals surface area contributed by atoms with Crippen LogP contribution < -0.4 is 16.6 Å². The Morgan fingerprint density at radius 1 is 1.38 bits per heavy atom. The van der Waals surface area contributed by atoms with Crippen LogP contribution >= 0.6 is 0 Å². The highest BCUT2D eigenvalue weighted by molar-refractivity contribution is 5.81. The first-order valence-corrected chi connectivity index (χ1v) is 7.26. The zero-order valence-electron chi connectivity index (χ0n) is 12.4. The normalized spacial score (nSPS) is 12.8. The van der Waals surface area contributed by atoms with Gasteiger partial charge in [-0.1, -0.05) is 26.7 Å². The zero-order chi connectivity index (χ0) is 15.4. The molecular weight excluding hydrogens is 268 g/mol. The van der Waals surface area contributed by atoms with Crippen LogP contribution in [0, 0.1) is 5.92 Å². The van der Waals surface area contributed by atoms with Gasteiger partial charge in [-0.15, -0.1) is 0 Å². The van der Waals surface area contributed by atoms with Gasteiger partial charge in [0.1, 0.15) is 0 Å². The topological polar surface area (TPSA) is 104 Å². The summed E-state index contributed by atoms with van der Waals surface area (Å²) < 4.78 is 0. The van der Waals surface area contributed by atoms with E-state index in [2.05, 4.69) is 29.1 Å². The van der Waals surface area contributed by atoms with Gasteiger partial charge in [0.25, 0.3) is 5.56 Å². The van der Waals surface area contributed by atoms with Crippen LogP contribution in [0.5, 0.6) is 0 Å². The lowest BCUT2D eigenvalue weighted by Crippen LogP contribution is -2.28. The lowest BCUT2D eigenvalue weighted by molar-refractivity contribution is 0.114. The molecular formula is C15H22N4O2. The van der Waals surface area contributed by atoms with Crippen LogP contribution in [0.1, 0.15) is 26.7 Å². The number of nitrogens with two attached hydrogens (primary N) is 1. The van der Waals surface area contributed by atoms with E-state index in [1.54, 1.807) is 18.2 Å². The van der Waals surface area contributed by atoms with Gasteiger partial charge in [0.05, 0.1) is 17.0 Å². The minimum Gasteiger partial charge on any atom is -0.399 e. The molecule has 1 heterocycles. The highest BCUT2D eigenvalue weighted by Gasteiger charge is 2.15. The molecule has 0 aliphatic rings. The van der Waals surface area contributed by atoms with Crippen molar-refractivity contribution in [3.8, 4) is 0 Å². The van der Waals surface area contributed by atoms with Gasteiger partial charge in [-0.2, -0.15) is 0 Å². The molecule has 0 amide bonds. The van der Waals surface area contributed by atoms with Gasteiger partial charge in [0.15, 0.2) is 0 Å². The number of rotatable bonds is 6. The van der Waals surface area contributed by atoms with Crippen LogP contribution in [0.2, 0.25) is 0 Å². The number of hydrogen-bond donors (Lipinski definition) is 4. The van der Waals surface area contributed by atoms with Crippen LogP contribution in [0.25, 0.3) is 10.9 Å². The smallest absolute Gasteiger partial charge is 0.260 e. The molecule has 21 heavy (non-hydrogen) atoms. The van der Waals surface area contributed by atoms with Crippen LogP contribution in [0.4, 0.5) is 11.6 Å². The number of aromatic amines is 1. The van der Waals surface area contributed by atoms with Crippen LogP contribution in [-0.2, 0) is 0 Å². The molecule has 1 unspecified atom stereocenters. The van der Waals surface area contributed by atoms with Crippen molar-refractivity contribution < 1.29 is 5.11 Å². The second-order valence-electron chi connectivity index (χ2n) is 5.22. The summed E-state index contributed by atoms with van der Waals surface area (Å²) in [6, 6.07) is 5.02. The number of anilines is 2. The van der Waals surface area contributed by atoms with E-state index in [1.165, 1.54) is 0 Å². The number of aliphatic hydroxyl groups excluding tert-OH is 1. The molecule has 1 aromatic heterocycles. The number of benzene rings is 1. The zero-order valence-corrected chi connectivity index (χ0v) is 12.4. The maximum Gasteiger partial charge on any atom is 0.260 e. The Balaban J connectivity index is 2.16. The van der Waals surface area contributed by atoms with Crippen molar-refractivity contribution in [3.63, 3.8) is 0 Å². The first-order valence-electron chi connectivity index (χ1n) is 7.26. The molecule has 0 bridgehead atoms. The van der Waals surface area contributed by atoms with Crippen LogP contribution in [-0.4, -0.2) is 27.7 Å². The molecule has 0 spiro atoms. The van der Waals surface area contributed by atoms with E-state index in [4.69, 9.17) is 5.73 Å². The summed E-state index contributed by atoms with van der Waals surface area (Å²) in [5.74, 6) is 0.603. The molecule has 5 N–H and O–H groups in total. The number of H-pyrrole nitrogens is 1. The molecule has 1 aromatic carbocycles. The molecule has 0 aliphatic heterocycles. The monoisotopic (exact) mass is 290 g/mol. The van der Waals surface area contributed by atoms with Gasteiger partial charge in [-0.3, -0.25) is 9.78 Å². The fourth-order valence-electron chi connectivity index (χ4n) is 2.44. The molecule has 0 saturated carbocycles. The average molecular weight is 290 g/mol. The summed E-state index contributed by atoms with van der Waals surface area (Å²) in [4.78, 5) is 19.0. The molecule has 0 radical (unpaired) electrons. The fraction of sp³-hybridized carbons (Fsp3) is 0.467. The molecule has 1 atom stereocenters. The lowest BCUT2D eigenvalue weighted by atomic mass is 9.97. The van der Waals surface area contributed by atoms with E-state index in [0.29, 0.717) is 29.1 Å². The Labute approximate surface area is 123 Å². The minimum atomic E-state index is -0.465. The van der Waals surface area contributed by atoms with Gasteiger partial charge < -0.3 is 16.2 Å². The number of fused-ring (bicyclic) bond motifs is 1. The summed E-state index contributed by atoms with van der Waals surface area (Å²) in [6.45, 7) is 4.46. The van der Waals surface area contributed by atoms with E-state index in [9.17, 15) is 9.90 Å². The van der Waals surface area contributed by atoms with E-state index in [-0.39, 0.29) is 11.5 Å². The largest absolute Gasteiger partial charge is 0.399 e. The highest BCUT2D eigenvalue weighted by atomic mass is 16.3. The molecule has 114 valence electrons. The molecule has 2 rings (SSSR count). The van der Waals surface area contributed by atoms with Crippen molar-refractivity contribution in [2.75, 3.05) is 17.6 Å². The van der Waals surface area contributed by atoms with Gasteiger partial charge in [-0.25, -0.2) is 4.98 Å². The Hall–Kier alpha value is -2.08. The van der Waals surface area contributed by atoms with E-state index in [1.807, 2.05) is 0 Å². The highest BCUT2D eigenvalue weighted by Crippen LogP contribution is 2.15. The van der Waals surface area contributed by atoms with Gasteiger partial charge in [0, 0.05) is 12.2 Å². The van der Waals surface area contributed by atoms with E-state index < -0.39 is 6.10 Å². The number of nitrogen functional groups attached to an aromatic ring is 1. The van der Waals surface area contributed by atoms with Crippen LogP contribution in [0.15, 0.2) is 23.0 Å². The first-order chi connectivity index (χ1) is 10.0. The second kappa shape index (κ2) is 6.58. The minimum absolute atomic E-state index is 0.240. The van der Waals surface area contributed by atoms with Crippen molar-refractivity contribution in [1.82, 2.24) is 9.97 Å². The van der Waals surface area contributed by atoms with Gasteiger partial charge in [-0.05, 0) is 24.1 Å².